The van der Waals surface area contributed by atoms with Crippen molar-refractivity contribution in [3.8, 4) is 0 Å². The van der Waals surface area contributed by atoms with Crippen LogP contribution < -0.4 is 5.32 Å². The van der Waals surface area contributed by atoms with Crippen LogP contribution in [0, 0.1) is 0 Å². The van der Waals surface area contributed by atoms with Crippen molar-refractivity contribution in [1.82, 2.24) is 20.0 Å². The summed E-state index contributed by atoms with van der Waals surface area (Å²) in [5.41, 5.74) is 1.11. The van der Waals surface area contributed by atoms with E-state index in [-0.39, 0.29) is 24.0 Å². The molecule has 1 aromatic rings. The molecule has 3 atom stereocenters. The number of likely N-dealkylation sites (tertiary alicyclic amines) is 1. The average molecular weight is 306 g/mol. The number of hydrogen-bond donors (Lipinski definition) is 1. The lowest BCUT2D eigenvalue weighted by molar-refractivity contribution is -0.139. The van der Waals surface area contributed by atoms with E-state index in [4.69, 9.17) is 4.74 Å². The quantitative estimate of drug-likeness (QED) is 0.859. The Morgan fingerprint density at radius 3 is 2.82 bits per heavy atom. The summed E-state index contributed by atoms with van der Waals surface area (Å²) < 4.78 is 7.14. The maximum atomic E-state index is 12.5. The molecule has 2 aliphatic rings. The highest BCUT2D eigenvalue weighted by atomic mass is 16.5. The Morgan fingerprint density at radius 2 is 2.23 bits per heavy atom. The molecule has 6 nitrogen and oxygen atoms in total. The fourth-order valence-electron chi connectivity index (χ4n) is 3.56. The molecule has 22 heavy (non-hydrogen) atoms. The summed E-state index contributed by atoms with van der Waals surface area (Å²) in [4.78, 5) is 14.6. The van der Waals surface area contributed by atoms with Gasteiger partial charge in [-0.25, -0.2) is 0 Å². The lowest BCUT2D eigenvalue weighted by Crippen LogP contribution is -2.54. The van der Waals surface area contributed by atoms with Crippen LogP contribution in [-0.2, 0) is 16.6 Å². The number of piperidine rings is 1. The minimum absolute atomic E-state index is 0.0700. The van der Waals surface area contributed by atoms with Crippen molar-refractivity contribution in [3.63, 3.8) is 0 Å². The van der Waals surface area contributed by atoms with Crippen LogP contribution in [0.4, 0.5) is 0 Å². The fourth-order valence-corrected chi connectivity index (χ4v) is 3.56. The van der Waals surface area contributed by atoms with Crippen LogP contribution in [-0.4, -0.2) is 52.4 Å². The summed E-state index contributed by atoms with van der Waals surface area (Å²) in [6.07, 6.45) is 5.56. The Labute approximate surface area is 131 Å². The van der Waals surface area contributed by atoms with E-state index in [1.54, 1.807) is 7.11 Å². The van der Waals surface area contributed by atoms with Gasteiger partial charge < -0.3 is 15.0 Å². The van der Waals surface area contributed by atoms with Gasteiger partial charge in [0.15, 0.2) is 0 Å². The molecule has 3 rings (SSSR count). The lowest BCUT2D eigenvalue weighted by atomic mass is 9.92. The second kappa shape index (κ2) is 6.38. The van der Waals surface area contributed by atoms with Crippen molar-refractivity contribution < 1.29 is 9.53 Å². The first-order valence-corrected chi connectivity index (χ1v) is 8.16. The molecule has 1 unspecified atom stereocenters. The van der Waals surface area contributed by atoms with Gasteiger partial charge in [0.1, 0.15) is 0 Å². The number of methoxy groups -OCH3 is 1. The van der Waals surface area contributed by atoms with Gasteiger partial charge in [0.05, 0.1) is 18.3 Å². The number of carbonyl (C=O) groups excluding carboxylic acids is 1. The molecule has 1 aliphatic carbocycles. The smallest absolute Gasteiger partial charge is 0.223 e. The molecule has 122 valence electrons. The van der Waals surface area contributed by atoms with Crippen molar-refractivity contribution in [1.29, 1.82) is 0 Å². The minimum Gasteiger partial charge on any atom is -0.383 e. The van der Waals surface area contributed by atoms with Crippen molar-refractivity contribution in [3.05, 3.63) is 18.0 Å². The summed E-state index contributed by atoms with van der Waals surface area (Å²) >= 11 is 0. The Hall–Kier alpha value is -1.40. The Kier molecular flexibility index (Phi) is 4.49. The van der Waals surface area contributed by atoms with Crippen LogP contribution in [0.25, 0.3) is 0 Å². The first-order valence-electron chi connectivity index (χ1n) is 8.16. The average Bonchev–Trinajstić information content (AvgIpc) is 3.23. The van der Waals surface area contributed by atoms with Crippen molar-refractivity contribution >= 4 is 5.91 Å². The Morgan fingerprint density at radius 1 is 1.45 bits per heavy atom. The Bertz CT molecular complexity index is 526. The number of amides is 1. The van der Waals surface area contributed by atoms with Crippen LogP contribution in [0.1, 0.15) is 44.3 Å². The topological polar surface area (TPSA) is 59.4 Å². The zero-order chi connectivity index (χ0) is 15.7. The van der Waals surface area contributed by atoms with Gasteiger partial charge in [-0.2, -0.15) is 5.10 Å². The standard InChI is InChI=1S/C16H26N4O2/c1-11(10-22-3)18-13-6-7-15(21)20(12-4-5-12)16(13)14-8-9-17-19(14)2/h8-9,11-13,16,18H,4-7,10H2,1-3H3/t11?,13-,16-/m1/s1. The second-order valence-electron chi connectivity index (χ2n) is 6.52. The van der Waals surface area contributed by atoms with Crippen molar-refractivity contribution in [2.75, 3.05) is 13.7 Å². The zero-order valence-electron chi connectivity index (χ0n) is 13.7. The molecule has 0 spiro atoms. The number of carbonyl (C=O) groups is 1. The normalized spacial score (nSPS) is 27.2. The van der Waals surface area contributed by atoms with Gasteiger partial charge in [-0.15, -0.1) is 0 Å². The van der Waals surface area contributed by atoms with Crippen LogP contribution in [0.5, 0.6) is 0 Å². The first kappa shape index (κ1) is 15.5. The van der Waals surface area contributed by atoms with Gasteiger partial charge >= 0.3 is 0 Å². The van der Waals surface area contributed by atoms with Gasteiger partial charge in [0, 0.05) is 44.9 Å². The number of ether oxygens (including phenoxy) is 1. The molecule has 1 saturated carbocycles. The molecule has 1 N–H and O–H groups in total. The van der Waals surface area contributed by atoms with E-state index in [0.29, 0.717) is 19.1 Å². The number of rotatable bonds is 6. The number of aryl methyl sites for hydroxylation is 1. The maximum absolute atomic E-state index is 12.5. The molecule has 1 aromatic heterocycles. The monoisotopic (exact) mass is 306 g/mol. The highest BCUT2D eigenvalue weighted by Crippen LogP contribution is 2.40. The van der Waals surface area contributed by atoms with Crippen LogP contribution >= 0.6 is 0 Å². The van der Waals surface area contributed by atoms with Gasteiger partial charge in [0.2, 0.25) is 5.91 Å². The van der Waals surface area contributed by atoms with E-state index in [9.17, 15) is 4.79 Å². The second-order valence-corrected chi connectivity index (χ2v) is 6.52. The molecule has 0 radical (unpaired) electrons. The van der Waals surface area contributed by atoms with Gasteiger partial charge in [-0.1, -0.05) is 0 Å². The third-order valence-corrected chi connectivity index (χ3v) is 4.66. The van der Waals surface area contributed by atoms with Gasteiger partial charge in [0.25, 0.3) is 0 Å². The van der Waals surface area contributed by atoms with E-state index in [1.807, 2.05) is 24.0 Å². The molecular formula is C16H26N4O2. The van der Waals surface area contributed by atoms with Crippen LogP contribution in [0.3, 0.4) is 0 Å². The molecular weight excluding hydrogens is 280 g/mol. The first-order chi connectivity index (χ1) is 10.6. The number of nitrogens with one attached hydrogen (secondary N) is 1. The number of hydrogen-bond acceptors (Lipinski definition) is 4. The summed E-state index contributed by atoms with van der Waals surface area (Å²) in [5, 5.41) is 7.97. The lowest BCUT2D eigenvalue weighted by Gasteiger charge is -2.42. The molecule has 1 aliphatic heterocycles. The van der Waals surface area contributed by atoms with Crippen molar-refractivity contribution in [2.24, 2.45) is 7.05 Å². The van der Waals surface area contributed by atoms with Gasteiger partial charge in [-0.3, -0.25) is 9.48 Å². The molecule has 1 saturated heterocycles. The summed E-state index contributed by atoms with van der Waals surface area (Å²) in [6.45, 7) is 2.80. The highest BCUT2D eigenvalue weighted by molar-refractivity contribution is 5.78. The van der Waals surface area contributed by atoms with Crippen LogP contribution in [0.15, 0.2) is 12.3 Å². The van der Waals surface area contributed by atoms with E-state index in [1.165, 1.54) is 0 Å². The third kappa shape index (κ3) is 3.03. The molecule has 6 heteroatoms. The number of nitrogens with zero attached hydrogens (tertiary/aromatic N) is 3. The number of aromatic nitrogens is 2. The van der Waals surface area contributed by atoms with E-state index in [2.05, 4.69) is 22.2 Å². The van der Waals surface area contributed by atoms with E-state index in [0.717, 1.165) is 25.0 Å². The van der Waals surface area contributed by atoms with Crippen LogP contribution in [0.2, 0.25) is 0 Å². The Balaban J connectivity index is 1.86. The predicted molar refractivity (Wildman–Crippen MR) is 83.3 cm³/mol. The maximum Gasteiger partial charge on any atom is 0.223 e. The summed E-state index contributed by atoms with van der Waals surface area (Å²) in [5.74, 6) is 0.283. The van der Waals surface area contributed by atoms with E-state index < -0.39 is 0 Å². The molecule has 2 fully saturated rings. The van der Waals surface area contributed by atoms with Gasteiger partial charge in [-0.05, 0) is 32.3 Å². The molecule has 0 aromatic carbocycles. The zero-order valence-corrected chi connectivity index (χ0v) is 13.7. The van der Waals surface area contributed by atoms with Crippen molar-refractivity contribution in [2.45, 2.75) is 56.8 Å². The molecule has 2 heterocycles. The van der Waals surface area contributed by atoms with E-state index >= 15 is 0 Å². The summed E-state index contributed by atoms with van der Waals surface area (Å²) in [6, 6.07) is 3.03. The largest absolute Gasteiger partial charge is 0.383 e. The highest BCUT2D eigenvalue weighted by Gasteiger charge is 2.45. The summed E-state index contributed by atoms with van der Waals surface area (Å²) in [7, 11) is 3.67. The minimum atomic E-state index is 0.0700. The third-order valence-electron chi connectivity index (χ3n) is 4.66. The SMILES string of the molecule is COCC(C)N[C@@H]1CCC(=O)N(C2CC2)[C@H]1c1ccnn1C. The predicted octanol–water partition coefficient (Wildman–Crippen LogP) is 1.24. The molecule has 1 amide bonds. The molecule has 0 bridgehead atoms. The fraction of sp³-hybridized carbons (Fsp3) is 0.750.